The maximum absolute atomic E-state index is 12.8. The summed E-state index contributed by atoms with van der Waals surface area (Å²) in [6.07, 6.45) is 5.01. The third kappa shape index (κ3) is 2.51. The molecule has 1 saturated heterocycles. The number of carboxylic acid groups (broad SMARTS) is 1. The van der Waals surface area contributed by atoms with Gasteiger partial charge in [0.2, 0.25) is 0 Å². The van der Waals surface area contributed by atoms with Gasteiger partial charge in [-0.2, -0.15) is 0 Å². The minimum Gasteiger partial charge on any atom is -0.480 e. The Morgan fingerprint density at radius 2 is 2.05 bits per heavy atom. The van der Waals surface area contributed by atoms with Crippen LogP contribution in [0.1, 0.15) is 36.0 Å². The second-order valence-corrected chi connectivity index (χ2v) is 5.45. The van der Waals surface area contributed by atoms with Crippen LogP contribution >= 0.6 is 0 Å². The fraction of sp³-hybridized carbons (Fsp3) is 0.375. The third-order valence-electron chi connectivity index (χ3n) is 4.12. The predicted molar refractivity (Wildman–Crippen MR) is 79.2 cm³/mol. The molecule has 2 heterocycles. The van der Waals surface area contributed by atoms with E-state index in [4.69, 9.17) is 0 Å². The van der Waals surface area contributed by atoms with Crippen LogP contribution in [0.3, 0.4) is 0 Å². The number of likely N-dealkylation sites (tertiary alicyclic amines) is 1. The number of carbonyl (C=O) groups excluding carboxylic acids is 1. The molecule has 21 heavy (non-hydrogen) atoms. The van der Waals surface area contributed by atoms with E-state index < -0.39 is 12.0 Å². The van der Waals surface area contributed by atoms with Gasteiger partial charge < -0.3 is 15.0 Å². The number of hydrogen-bond acceptors (Lipinski definition) is 2. The summed E-state index contributed by atoms with van der Waals surface area (Å²) in [6, 6.07) is 6.63. The topological polar surface area (TPSA) is 73.4 Å². The van der Waals surface area contributed by atoms with Gasteiger partial charge in [-0.3, -0.25) is 4.79 Å². The van der Waals surface area contributed by atoms with Crippen molar-refractivity contribution < 1.29 is 14.7 Å². The smallest absolute Gasteiger partial charge is 0.326 e. The molecule has 1 unspecified atom stereocenters. The molecule has 0 spiro atoms. The van der Waals surface area contributed by atoms with E-state index in [9.17, 15) is 14.7 Å². The highest BCUT2D eigenvalue weighted by atomic mass is 16.4. The molecule has 0 bridgehead atoms. The Balaban J connectivity index is 1.99. The van der Waals surface area contributed by atoms with E-state index in [1.54, 1.807) is 12.3 Å². The molecule has 5 nitrogen and oxygen atoms in total. The van der Waals surface area contributed by atoms with Crippen LogP contribution in [-0.4, -0.2) is 39.5 Å². The number of amides is 1. The van der Waals surface area contributed by atoms with E-state index >= 15 is 0 Å². The molecule has 3 rings (SSSR count). The van der Waals surface area contributed by atoms with Gasteiger partial charge in [-0.1, -0.05) is 18.9 Å². The Morgan fingerprint density at radius 1 is 1.19 bits per heavy atom. The average Bonchev–Trinajstić information content (AvgIpc) is 2.81. The first-order valence-corrected chi connectivity index (χ1v) is 7.28. The molecule has 5 heteroatoms. The van der Waals surface area contributed by atoms with Crippen molar-refractivity contribution >= 4 is 22.8 Å². The van der Waals surface area contributed by atoms with Crippen molar-refractivity contribution in [3.63, 3.8) is 0 Å². The van der Waals surface area contributed by atoms with Gasteiger partial charge in [0.25, 0.3) is 5.91 Å². The fourth-order valence-corrected chi connectivity index (χ4v) is 3.03. The first-order chi connectivity index (χ1) is 10.2. The molecule has 1 aliphatic rings. The first-order valence-electron chi connectivity index (χ1n) is 7.28. The summed E-state index contributed by atoms with van der Waals surface area (Å²) in [7, 11) is 0. The highest BCUT2D eigenvalue weighted by molar-refractivity contribution is 6.07. The molecule has 110 valence electrons. The molecular weight excluding hydrogens is 268 g/mol. The Hall–Kier alpha value is -2.30. The minimum absolute atomic E-state index is 0.186. The number of carbonyl (C=O) groups is 2. The monoisotopic (exact) mass is 286 g/mol. The van der Waals surface area contributed by atoms with Gasteiger partial charge in [0.15, 0.2) is 0 Å². The molecule has 1 atom stereocenters. The molecule has 1 amide bonds. The molecule has 2 N–H and O–H groups in total. The Morgan fingerprint density at radius 3 is 2.86 bits per heavy atom. The largest absolute Gasteiger partial charge is 0.480 e. The number of aromatic nitrogens is 1. The Labute approximate surface area is 122 Å². The van der Waals surface area contributed by atoms with Crippen molar-refractivity contribution in [2.45, 2.75) is 31.7 Å². The van der Waals surface area contributed by atoms with Crippen LogP contribution in [0.25, 0.3) is 10.9 Å². The lowest BCUT2D eigenvalue weighted by Gasteiger charge is -2.27. The number of carboxylic acids is 1. The molecule has 1 aliphatic heterocycles. The van der Waals surface area contributed by atoms with Gasteiger partial charge in [0, 0.05) is 29.2 Å². The number of hydrogen-bond donors (Lipinski definition) is 2. The number of rotatable bonds is 2. The Kier molecular flexibility index (Phi) is 3.64. The zero-order chi connectivity index (χ0) is 14.8. The number of aliphatic carboxylic acids is 1. The van der Waals surface area contributed by atoms with Crippen LogP contribution < -0.4 is 0 Å². The summed E-state index contributed by atoms with van der Waals surface area (Å²) < 4.78 is 0. The lowest BCUT2D eigenvalue weighted by atomic mass is 10.1. The van der Waals surface area contributed by atoms with Crippen LogP contribution in [0.4, 0.5) is 0 Å². The van der Waals surface area contributed by atoms with Gasteiger partial charge in [0.1, 0.15) is 6.04 Å². The van der Waals surface area contributed by atoms with Crippen molar-refractivity contribution in [2.75, 3.05) is 6.54 Å². The molecular formula is C16H18N2O3. The van der Waals surface area contributed by atoms with Crippen molar-refractivity contribution in [1.29, 1.82) is 0 Å². The van der Waals surface area contributed by atoms with Gasteiger partial charge in [-0.25, -0.2) is 4.79 Å². The molecule has 1 fully saturated rings. The van der Waals surface area contributed by atoms with Gasteiger partial charge in [-0.05, 0) is 31.0 Å². The van der Waals surface area contributed by atoms with Crippen LogP contribution in [0.15, 0.2) is 30.5 Å². The van der Waals surface area contributed by atoms with Crippen LogP contribution in [0.2, 0.25) is 0 Å². The summed E-state index contributed by atoms with van der Waals surface area (Å²) in [6.45, 7) is 0.511. The number of fused-ring (bicyclic) bond motifs is 1. The summed E-state index contributed by atoms with van der Waals surface area (Å²) in [5, 5.41) is 10.2. The number of H-pyrrole nitrogens is 1. The number of aromatic amines is 1. The lowest BCUT2D eigenvalue weighted by molar-refractivity contribution is -0.142. The Bertz CT molecular complexity index is 677. The number of nitrogens with zero attached hydrogens (tertiary/aromatic N) is 1. The van der Waals surface area contributed by atoms with E-state index in [2.05, 4.69) is 4.98 Å². The molecule has 1 aromatic heterocycles. The maximum atomic E-state index is 12.8. The van der Waals surface area contributed by atoms with E-state index in [-0.39, 0.29) is 5.91 Å². The molecule has 1 aromatic carbocycles. The van der Waals surface area contributed by atoms with Gasteiger partial charge in [0.05, 0.1) is 0 Å². The summed E-state index contributed by atoms with van der Waals surface area (Å²) in [4.78, 5) is 28.9. The highest BCUT2D eigenvalue weighted by Gasteiger charge is 2.31. The fourth-order valence-electron chi connectivity index (χ4n) is 3.03. The standard InChI is InChI=1S/C16H18N2O3/c19-15(12-5-4-6-13-11(12)8-9-17-13)18-10-3-1-2-7-14(18)16(20)21/h4-6,8-9,14,17H,1-3,7,10H2,(H,20,21). The minimum atomic E-state index is -0.911. The first kappa shape index (κ1) is 13.7. The summed E-state index contributed by atoms with van der Waals surface area (Å²) in [5.74, 6) is -1.10. The van der Waals surface area contributed by atoms with E-state index in [1.807, 2.05) is 18.2 Å². The third-order valence-corrected chi connectivity index (χ3v) is 4.12. The second-order valence-electron chi connectivity index (χ2n) is 5.45. The van der Waals surface area contributed by atoms with E-state index in [0.717, 1.165) is 30.2 Å². The molecule has 0 radical (unpaired) electrons. The highest BCUT2D eigenvalue weighted by Crippen LogP contribution is 2.23. The zero-order valence-corrected chi connectivity index (χ0v) is 11.7. The molecule has 2 aromatic rings. The number of nitrogens with one attached hydrogen (secondary N) is 1. The van der Waals surface area contributed by atoms with Crippen molar-refractivity contribution in [3.8, 4) is 0 Å². The molecule has 0 saturated carbocycles. The second kappa shape index (κ2) is 5.60. The van der Waals surface area contributed by atoms with Gasteiger partial charge in [-0.15, -0.1) is 0 Å². The molecule has 0 aliphatic carbocycles. The summed E-state index contributed by atoms with van der Waals surface area (Å²) in [5.41, 5.74) is 1.46. The van der Waals surface area contributed by atoms with Crippen molar-refractivity contribution in [2.24, 2.45) is 0 Å². The van der Waals surface area contributed by atoms with Crippen LogP contribution in [0, 0.1) is 0 Å². The number of benzene rings is 1. The normalized spacial score (nSPS) is 19.4. The lowest BCUT2D eigenvalue weighted by Crippen LogP contribution is -2.44. The SMILES string of the molecule is O=C(O)C1CCCCCN1C(=O)c1cccc2[nH]ccc12. The maximum Gasteiger partial charge on any atom is 0.326 e. The van der Waals surface area contributed by atoms with E-state index in [1.165, 1.54) is 4.90 Å². The van der Waals surface area contributed by atoms with Gasteiger partial charge >= 0.3 is 5.97 Å². The van der Waals surface area contributed by atoms with Crippen LogP contribution in [0.5, 0.6) is 0 Å². The van der Waals surface area contributed by atoms with Crippen molar-refractivity contribution in [3.05, 3.63) is 36.0 Å². The zero-order valence-electron chi connectivity index (χ0n) is 11.7. The average molecular weight is 286 g/mol. The van der Waals surface area contributed by atoms with E-state index in [0.29, 0.717) is 18.5 Å². The quantitative estimate of drug-likeness (QED) is 0.891. The van der Waals surface area contributed by atoms with Crippen molar-refractivity contribution in [1.82, 2.24) is 9.88 Å². The predicted octanol–water partition coefficient (Wildman–Crippen LogP) is 2.64. The summed E-state index contributed by atoms with van der Waals surface area (Å²) >= 11 is 0. The van der Waals surface area contributed by atoms with Crippen LogP contribution in [-0.2, 0) is 4.79 Å².